The SMILES string of the molecule is O=C(Cc1cccc(I)c1)NCC(F)(F)F. The Hall–Kier alpha value is -0.790. The molecule has 1 aromatic rings. The van der Waals surface area contributed by atoms with Crippen LogP contribution in [0.4, 0.5) is 13.2 Å². The van der Waals surface area contributed by atoms with Crippen LogP contribution in [0.5, 0.6) is 0 Å². The molecule has 0 saturated heterocycles. The van der Waals surface area contributed by atoms with E-state index < -0.39 is 18.6 Å². The highest BCUT2D eigenvalue weighted by molar-refractivity contribution is 14.1. The maximum Gasteiger partial charge on any atom is 0.405 e. The van der Waals surface area contributed by atoms with Gasteiger partial charge in [0.15, 0.2) is 0 Å². The molecule has 0 bridgehead atoms. The summed E-state index contributed by atoms with van der Waals surface area (Å²) in [6.45, 7) is -1.28. The smallest absolute Gasteiger partial charge is 0.347 e. The molecule has 0 aliphatic carbocycles. The van der Waals surface area contributed by atoms with E-state index >= 15 is 0 Å². The summed E-state index contributed by atoms with van der Waals surface area (Å²) in [5, 5.41) is 1.82. The fourth-order valence-corrected chi connectivity index (χ4v) is 1.70. The van der Waals surface area contributed by atoms with Gasteiger partial charge in [-0.3, -0.25) is 4.79 Å². The van der Waals surface area contributed by atoms with Crippen molar-refractivity contribution in [3.8, 4) is 0 Å². The van der Waals surface area contributed by atoms with Gasteiger partial charge in [0.25, 0.3) is 0 Å². The van der Waals surface area contributed by atoms with Crippen molar-refractivity contribution in [2.45, 2.75) is 12.6 Å². The van der Waals surface area contributed by atoms with Gasteiger partial charge in [-0.15, -0.1) is 0 Å². The highest BCUT2D eigenvalue weighted by atomic mass is 127. The van der Waals surface area contributed by atoms with Crippen LogP contribution in [0.15, 0.2) is 24.3 Å². The van der Waals surface area contributed by atoms with Crippen molar-refractivity contribution in [3.05, 3.63) is 33.4 Å². The third-order valence-corrected chi connectivity index (χ3v) is 2.41. The van der Waals surface area contributed by atoms with Crippen molar-refractivity contribution in [2.75, 3.05) is 6.54 Å². The molecule has 0 unspecified atom stereocenters. The number of nitrogens with one attached hydrogen (secondary N) is 1. The fraction of sp³-hybridized carbons (Fsp3) is 0.300. The van der Waals surface area contributed by atoms with E-state index in [-0.39, 0.29) is 6.42 Å². The second-order valence-corrected chi connectivity index (χ2v) is 4.44. The number of carbonyl (C=O) groups excluding carboxylic acids is 1. The summed E-state index contributed by atoms with van der Waals surface area (Å²) in [6, 6.07) is 7.06. The summed E-state index contributed by atoms with van der Waals surface area (Å²) < 4.78 is 36.4. The summed E-state index contributed by atoms with van der Waals surface area (Å²) >= 11 is 2.07. The number of halogens is 4. The van der Waals surface area contributed by atoms with E-state index in [1.54, 1.807) is 18.2 Å². The zero-order valence-electron chi connectivity index (χ0n) is 8.14. The largest absolute Gasteiger partial charge is 0.405 e. The number of amides is 1. The van der Waals surface area contributed by atoms with Crippen LogP contribution in [0.25, 0.3) is 0 Å². The number of benzene rings is 1. The molecule has 0 atom stereocenters. The Morgan fingerprint density at radius 2 is 2.06 bits per heavy atom. The van der Waals surface area contributed by atoms with Crippen molar-refractivity contribution in [1.29, 1.82) is 0 Å². The molecule has 0 heterocycles. The third-order valence-electron chi connectivity index (χ3n) is 1.74. The van der Waals surface area contributed by atoms with Crippen LogP contribution in [-0.2, 0) is 11.2 Å². The van der Waals surface area contributed by atoms with Crippen LogP contribution >= 0.6 is 22.6 Å². The van der Waals surface area contributed by atoms with Gasteiger partial charge < -0.3 is 5.32 Å². The molecule has 6 heteroatoms. The highest BCUT2D eigenvalue weighted by Gasteiger charge is 2.27. The normalized spacial score (nSPS) is 11.2. The zero-order chi connectivity index (χ0) is 12.2. The molecule has 0 spiro atoms. The number of carbonyl (C=O) groups is 1. The van der Waals surface area contributed by atoms with E-state index in [1.807, 2.05) is 11.4 Å². The molecule has 0 saturated carbocycles. The van der Waals surface area contributed by atoms with E-state index in [0.717, 1.165) is 3.57 Å². The molecule has 0 aliphatic rings. The summed E-state index contributed by atoms with van der Waals surface area (Å²) in [7, 11) is 0. The molecule has 0 aromatic heterocycles. The van der Waals surface area contributed by atoms with Gasteiger partial charge in [-0.25, -0.2) is 0 Å². The first-order chi connectivity index (χ1) is 7.37. The average molecular weight is 343 g/mol. The summed E-state index contributed by atoms with van der Waals surface area (Å²) in [6.07, 6.45) is -4.40. The molecule has 1 N–H and O–H groups in total. The van der Waals surface area contributed by atoms with Crippen molar-refractivity contribution in [2.24, 2.45) is 0 Å². The Bertz CT molecular complexity index is 379. The van der Waals surface area contributed by atoms with Gasteiger partial charge in [-0.1, -0.05) is 12.1 Å². The van der Waals surface area contributed by atoms with E-state index in [0.29, 0.717) is 5.56 Å². The first kappa shape index (κ1) is 13.3. The Balaban J connectivity index is 2.46. The molecule has 0 radical (unpaired) electrons. The highest BCUT2D eigenvalue weighted by Crippen LogP contribution is 2.12. The molecule has 1 aromatic carbocycles. The lowest BCUT2D eigenvalue weighted by Crippen LogP contribution is -2.34. The van der Waals surface area contributed by atoms with Crippen LogP contribution < -0.4 is 5.32 Å². The van der Waals surface area contributed by atoms with Crippen molar-refractivity contribution >= 4 is 28.5 Å². The molecule has 16 heavy (non-hydrogen) atoms. The molecular weight excluding hydrogens is 334 g/mol. The molecular formula is C10H9F3INO. The standard InChI is InChI=1S/C10H9F3INO/c11-10(12,13)6-15-9(16)5-7-2-1-3-8(14)4-7/h1-4H,5-6H2,(H,15,16). The van der Waals surface area contributed by atoms with Gasteiger partial charge in [0.1, 0.15) is 6.54 Å². The maximum absolute atomic E-state index is 11.8. The summed E-state index contributed by atoms with van der Waals surface area (Å²) in [5.74, 6) is -0.626. The van der Waals surface area contributed by atoms with Gasteiger partial charge in [0, 0.05) is 3.57 Å². The van der Waals surface area contributed by atoms with Crippen LogP contribution in [0.3, 0.4) is 0 Å². The topological polar surface area (TPSA) is 29.1 Å². The molecule has 88 valence electrons. The lowest BCUT2D eigenvalue weighted by atomic mass is 10.1. The minimum atomic E-state index is -4.36. The van der Waals surface area contributed by atoms with Crippen LogP contribution in [0.1, 0.15) is 5.56 Å². The molecule has 0 aliphatic heterocycles. The van der Waals surface area contributed by atoms with E-state index in [1.165, 1.54) is 0 Å². The second-order valence-electron chi connectivity index (χ2n) is 3.20. The van der Waals surface area contributed by atoms with E-state index in [2.05, 4.69) is 22.6 Å². The van der Waals surface area contributed by atoms with Gasteiger partial charge in [0.2, 0.25) is 5.91 Å². The minimum absolute atomic E-state index is 0.0348. The number of alkyl halides is 3. The maximum atomic E-state index is 11.8. The number of hydrogen-bond acceptors (Lipinski definition) is 1. The predicted molar refractivity (Wildman–Crippen MR) is 61.9 cm³/mol. The Labute approximate surface area is 104 Å². The Morgan fingerprint density at radius 1 is 1.38 bits per heavy atom. The van der Waals surface area contributed by atoms with Crippen LogP contribution in [-0.4, -0.2) is 18.6 Å². The lowest BCUT2D eigenvalue weighted by molar-refractivity contribution is -0.138. The summed E-state index contributed by atoms with van der Waals surface area (Å²) in [4.78, 5) is 11.2. The Morgan fingerprint density at radius 3 is 2.62 bits per heavy atom. The quantitative estimate of drug-likeness (QED) is 0.840. The average Bonchev–Trinajstić information content (AvgIpc) is 2.14. The molecule has 1 rings (SSSR count). The zero-order valence-corrected chi connectivity index (χ0v) is 10.3. The van der Waals surface area contributed by atoms with Gasteiger partial charge >= 0.3 is 6.18 Å². The van der Waals surface area contributed by atoms with Gasteiger partial charge in [-0.2, -0.15) is 13.2 Å². The van der Waals surface area contributed by atoms with Crippen LogP contribution in [0, 0.1) is 3.57 Å². The van der Waals surface area contributed by atoms with Crippen LogP contribution in [0.2, 0.25) is 0 Å². The third kappa shape index (κ3) is 5.34. The van der Waals surface area contributed by atoms with Crippen molar-refractivity contribution < 1.29 is 18.0 Å². The molecule has 1 amide bonds. The lowest BCUT2D eigenvalue weighted by Gasteiger charge is -2.08. The first-order valence-electron chi connectivity index (χ1n) is 4.45. The van der Waals surface area contributed by atoms with Crippen molar-refractivity contribution in [3.63, 3.8) is 0 Å². The van der Waals surface area contributed by atoms with E-state index in [9.17, 15) is 18.0 Å². The monoisotopic (exact) mass is 343 g/mol. The van der Waals surface area contributed by atoms with Crippen molar-refractivity contribution in [1.82, 2.24) is 5.32 Å². The predicted octanol–water partition coefficient (Wildman–Crippen LogP) is 2.51. The second kappa shape index (κ2) is 5.51. The van der Waals surface area contributed by atoms with Gasteiger partial charge in [0.05, 0.1) is 6.42 Å². The summed E-state index contributed by atoms with van der Waals surface area (Å²) in [5.41, 5.74) is 0.701. The Kier molecular flexibility index (Phi) is 4.57. The number of rotatable bonds is 3. The minimum Gasteiger partial charge on any atom is -0.347 e. The van der Waals surface area contributed by atoms with Gasteiger partial charge in [-0.05, 0) is 40.3 Å². The number of hydrogen-bond donors (Lipinski definition) is 1. The molecule has 2 nitrogen and oxygen atoms in total. The molecule has 0 fully saturated rings. The fourth-order valence-electron chi connectivity index (χ4n) is 1.09. The van der Waals surface area contributed by atoms with E-state index in [4.69, 9.17) is 0 Å². The first-order valence-corrected chi connectivity index (χ1v) is 5.52.